The van der Waals surface area contributed by atoms with Gasteiger partial charge in [-0.3, -0.25) is 4.99 Å². The van der Waals surface area contributed by atoms with E-state index in [9.17, 15) is 0 Å². The fourth-order valence-electron chi connectivity index (χ4n) is 3.24. The Labute approximate surface area is 143 Å². The maximum atomic E-state index is 6.07. The number of hydrogen-bond donors (Lipinski definition) is 1. The van der Waals surface area contributed by atoms with Crippen molar-refractivity contribution in [1.29, 1.82) is 0 Å². The van der Waals surface area contributed by atoms with Crippen LogP contribution in [0.1, 0.15) is 53.4 Å². The van der Waals surface area contributed by atoms with Gasteiger partial charge in [-0.05, 0) is 38.0 Å². The van der Waals surface area contributed by atoms with Crippen LogP contribution in [0, 0.1) is 11.3 Å². The maximum absolute atomic E-state index is 6.07. The topological polar surface area (TPSA) is 36.9 Å². The van der Waals surface area contributed by atoms with Gasteiger partial charge in [0.1, 0.15) is 0 Å². The van der Waals surface area contributed by atoms with E-state index in [4.69, 9.17) is 9.73 Å². The first kappa shape index (κ1) is 20.0. The van der Waals surface area contributed by atoms with Gasteiger partial charge in [0.25, 0.3) is 0 Å². The summed E-state index contributed by atoms with van der Waals surface area (Å²) in [4.78, 5) is 7.13. The summed E-state index contributed by atoms with van der Waals surface area (Å²) in [6.07, 6.45) is 6.80. The van der Waals surface area contributed by atoms with Crippen LogP contribution in [0.5, 0.6) is 0 Å². The van der Waals surface area contributed by atoms with Gasteiger partial charge in [-0.1, -0.05) is 26.8 Å². The van der Waals surface area contributed by atoms with E-state index in [2.05, 4.69) is 51.5 Å². The molecule has 1 aliphatic heterocycles. The van der Waals surface area contributed by atoms with Crippen molar-refractivity contribution in [2.75, 3.05) is 33.3 Å². The van der Waals surface area contributed by atoms with Gasteiger partial charge in [0.2, 0.25) is 0 Å². The number of rotatable bonds is 7. The van der Waals surface area contributed by atoms with Crippen LogP contribution in [-0.4, -0.2) is 50.3 Å². The summed E-state index contributed by atoms with van der Waals surface area (Å²) in [7, 11) is 2.11. The minimum absolute atomic E-state index is 0.175. The number of nitrogens with zero attached hydrogens (tertiary/aromatic N) is 2. The van der Waals surface area contributed by atoms with E-state index in [-0.39, 0.29) is 5.41 Å². The first-order valence-electron chi connectivity index (χ1n) is 9.12. The van der Waals surface area contributed by atoms with Gasteiger partial charge in [-0.25, -0.2) is 0 Å². The van der Waals surface area contributed by atoms with Crippen molar-refractivity contribution >= 4 is 5.96 Å². The highest BCUT2D eigenvalue weighted by Gasteiger charge is 2.35. The Morgan fingerprint density at radius 2 is 2.17 bits per heavy atom. The van der Waals surface area contributed by atoms with Crippen LogP contribution in [0.3, 0.4) is 0 Å². The van der Waals surface area contributed by atoms with E-state index >= 15 is 0 Å². The van der Waals surface area contributed by atoms with Crippen LogP contribution >= 0.6 is 0 Å². The first-order valence-corrected chi connectivity index (χ1v) is 9.12. The molecule has 0 bridgehead atoms. The molecule has 0 aromatic heterocycles. The highest BCUT2D eigenvalue weighted by molar-refractivity contribution is 5.79. The molecule has 0 aliphatic carbocycles. The van der Waals surface area contributed by atoms with Crippen LogP contribution < -0.4 is 5.32 Å². The van der Waals surface area contributed by atoms with Crippen LogP contribution in [-0.2, 0) is 4.74 Å². The average molecular weight is 324 g/mol. The molecule has 1 N–H and O–H groups in total. The number of unbranched alkanes of at least 4 members (excludes halogenated alkanes) is 1. The lowest BCUT2D eigenvalue weighted by molar-refractivity contribution is -0.0824. The fraction of sp³-hybridized carbons (Fsp3) is 0.842. The van der Waals surface area contributed by atoms with Crippen LogP contribution in [0.4, 0.5) is 0 Å². The summed E-state index contributed by atoms with van der Waals surface area (Å²) in [6, 6.07) is 0. The molecule has 134 valence electrons. The second-order valence-electron chi connectivity index (χ2n) is 7.61. The normalized spacial score (nSPS) is 22.7. The monoisotopic (exact) mass is 323 g/mol. The van der Waals surface area contributed by atoms with Crippen molar-refractivity contribution in [2.45, 2.75) is 59.5 Å². The second kappa shape index (κ2) is 9.96. The Morgan fingerprint density at radius 1 is 1.43 bits per heavy atom. The molecule has 4 nitrogen and oxygen atoms in total. The van der Waals surface area contributed by atoms with E-state index in [1.807, 2.05) is 6.08 Å². The van der Waals surface area contributed by atoms with Crippen LogP contribution in [0.15, 0.2) is 17.6 Å². The summed E-state index contributed by atoms with van der Waals surface area (Å²) >= 11 is 0. The Balaban J connectivity index is 2.68. The fourth-order valence-corrected chi connectivity index (χ4v) is 3.24. The Kier molecular flexibility index (Phi) is 8.67. The largest absolute Gasteiger partial charge is 0.377 e. The molecule has 0 amide bonds. The summed E-state index contributed by atoms with van der Waals surface area (Å²) < 4.78 is 6.07. The molecule has 0 saturated carbocycles. The van der Waals surface area contributed by atoms with Crippen molar-refractivity contribution in [3.05, 3.63) is 12.7 Å². The van der Waals surface area contributed by atoms with Crippen LogP contribution in [0.25, 0.3) is 0 Å². The summed E-state index contributed by atoms with van der Waals surface area (Å²) in [5, 5.41) is 3.41. The SMILES string of the molecule is C=CCCCN(C)C(=NCC1CCCOC1C(C)(C)C)NCC. The molecule has 0 spiro atoms. The standard InChI is InChI=1S/C19H37N3O/c1-7-9-10-13-22(6)18(20-8-2)21-15-16-12-11-14-23-17(16)19(3,4)5/h7,16-17H,1,8-15H2,2-6H3,(H,20,21). The number of aliphatic imine (C=N–C) groups is 1. The molecule has 1 fully saturated rings. The lowest BCUT2D eigenvalue weighted by Crippen LogP contribution is -2.43. The van der Waals surface area contributed by atoms with Crippen molar-refractivity contribution in [3.8, 4) is 0 Å². The molecule has 1 saturated heterocycles. The van der Waals surface area contributed by atoms with Gasteiger partial charge in [-0.2, -0.15) is 0 Å². The molecule has 1 heterocycles. The van der Waals surface area contributed by atoms with E-state index in [1.165, 1.54) is 6.42 Å². The van der Waals surface area contributed by atoms with E-state index in [1.54, 1.807) is 0 Å². The lowest BCUT2D eigenvalue weighted by atomic mass is 9.78. The predicted octanol–water partition coefficient (Wildman–Crippen LogP) is 3.69. The van der Waals surface area contributed by atoms with Crippen LogP contribution in [0.2, 0.25) is 0 Å². The van der Waals surface area contributed by atoms with Gasteiger partial charge in [0, 0.05) is 39.2 Å². The minimum Gasteiger partial charge on any atom is -0.377 e. The van der Waals surface area contributed by atoms with E-state index in [0.717, 1.165) is 51.5 Å². The third-order valence-electron chi connectivity index (χ3n) is 4.37. The predicted molar refractivity (Wildman–Crippen MR) is 100.0 cm³/mol. The van der Waals surface area contributed by atoms with Crippen molar-refractivity contribution in [1.82, 2.24) is 10.2 Å². The van der Waals surface area contributed by atoms with Gasteiger partial charge >= 0.3 is 0 Å². The highest BCUT2D eigenvalue weighted by Crippen LogP contribution is 2.34. The summed E-state index contributed by atoms with van der Waals surface area (Å²) in [5.41, 5.74) is 0.175. The number of allylic oxidation sites excluding steroid dienone is 1. The molecule has 2 atom stereocenters. The number of guanidine groups is 1. The van der Waals surface area contributed by atoms with Gasteiger partial charge in [-0.15, -0.1) is 6.58 Å². The molecule has 0 radical (unpaired) electrons. The first-order chi connectivity index (χ1) is 10.9. The molecule has 23 heavy (non-hydrogen) atoms. The average Bonchev–Trinajstić information content (AvgIpc) is 2.51. The molecule has 0 aromatic carbocycles. The number of ether oxygens (including phenoxy) is 1. The van der Waals surface area contributed by atoms with E-state index < -0.39 is 0 Å². The third kappa shape index (κ3) is 6.94. The zero-order chi connectivity index (χ0) is 17.3. The molecule has 1 rings (SSSR count). The zero-order valence-electron chi connectivity index (χ0n) is 15.9. The maximum Gasteiger partial charge on any atom is 0.193 e. The Bertz CT molecular complexity index is 373. The smallest absolute Gasteiger partial charge is 0.193 e. The molecule has 0 aromatic rings. The van der Waals surface area contributed by atoms with Crippen molar-refractivity contribution < 1.29 is 4.74 Å². The van der Waals surface area contributed by atoms with Gasteiger partial charge in [0.05, 0.1) is 6.10 Å². The second-order valence-corrected chi connectivity index (χ2v) is 7.61. The van der Waals surface area contributed by atoms with Crippen molar-refractivity contribution in [3.63, 3.8) is 0 Å². The molecule has 2 unspecified atom stereocenters. The Hall–Kier alpha value is -1.03. The Morgan fingerprint density at radius 3 is 2.78 bits per heavy atom. The number of nitrogens with one attached hydrogen (secondary N) is 1. The zero-order valence-corrected chi connectivity index (χ0v) is 15.9. The molecular weight excluding hydrogens is 286 g/mol. The third-order valence-corrected chi connectivity index (χ3v) is 4.37. The van der Waals surface area contributed by atoms with E-state index in [0.29, 0.717) is 12.0 Å². The summed E-state index contributed by atoms with van der Waals surface area (Å²) in [5.74, 6) is 1.52. The summed E-state index contributed by atoms with van der Waals surface area (Å²) in [6.45, 7) is 16.4. The quantitative estimate of drug-likeness (QED) is 0.336. The number of hydrogen-bond acceptors (Lipinski definition) is 2. The molecule has 4 heteroatoms. The molecule has 1 aliphatic rings. The van der Waals surface area contributed by atoms with Gasteiger partial charge < -0.3 is 15.0 Å². The molecular formula is C19H37N3O. The highest BCUT2D eigenvalue weighted by atomic mass is 16.5. The lowest BCUT2D eigenvalue weighted by Gasteiger charge is -2.39. The minimum atomic E-state index is 0.175. The van der Waals surface area contributed by atoms with Gasteiger partial charge in [0.15, 0.2) is 5.96 Å². The van der Waals surface area contributed by atoms with Crippen molar-refractivity contribution in [2.24, 2.45) is 16.3 Å².